The van der Waals surface area contributed by atoms with E-state index < -0.39 is 30.5 Å². The maximum absolute atomic E-state index is 13.3. The zero-order chi connectivity index (χ0) is 18.9. The van der Waals surface area contributed by atoms with Crippen LogP contribution >= 0.6 is 11.6 Å². The van der Waals surface area contributed by atoms with E-state index in [1.165, 1.54) is 12.1 Å². The van der Waals surface area contributed by atoms with Crippen molar-refractivity contribution in [3.63, 3.8) is 0 Å². The van der Waals surface area contributed by atoms with Gasteiger partial charge in [-0.3, -0.25) is 4.79 Å². The third-order valence-electron chi connectivity index (χ3n) is 3.96. The van der Waals surface area contributed by atoms with Gasteiger partial charge in [-0.05, 0) is 30.7 Å². The molecule has 3 rings (SSSR count). The predicted molar refractivity (Wildman–Crippen MR) is 92.7 cm³/mol. The van der Waals surface area contributed by atoms with Crippen molar-refractivity contribution in [1.29, 1.82) is 0 Å². The van der Waals surface area contributed by atoms with Crippen molar-refractivity contribution in [2.24, 2.45) is 0 Å². The third kappa shape index (κ3) is 3.67. The van der Waals surface area contributed by atoms with Gasteiger partial charge in [-0.15, -0.1) is 0 Å². The van der Waals surface area contributed by atoms with Gasteiger partial charge in [0.1, 0.15) is 6.54 Å². The van der Waals surface area contributed by atoms with Crippen molar-refractivity contribution < 1.29 is 18.0 Å². The quantitative estimate of drug-likeness (QED) is 0.718. The van der Waals surface area contributed by atoms with E-state index in [9.17, 15) is 18.0 Å². The lowest BCUT2D eigenvalue weighted by Crippen LogP contribution is -2.31. The Hall–Kier alpha value is -2.54. The van der Waals surface area contributed by atoms with Crippen molar-refractivity contribution in [3.8, 4) is 0 Å². The Morgan fingerprint density at radius 3 is 2.54 bits per heavy atom. The van der Waals surface area contributed by atoms with E-state index in [0.717, 1.165) is 4.57 Å². The van der Waals surface area contributed by atoms with Gasteiger partial charge in [-0.2, -0.15) is 13.2 Å². The lowest BCUT2D eigenvalue weighted by Gasteiger charge is -2.17. The molecular formula is C18H15ClF3N3O. The van der Waals surface area contributed by atoms with E-state index in [4.69, 9.17) is 11.6 Å². The largest absolute Gasteiger partial charge is 0.449 e. The van der Waals surface area contributed by atoms with Crippen LogP contribution in [0.3, 0.4) is 0 Å². The van der Waals surface area contributed by atoms with Crippen LogP contribution in [0.15, 0.2) is 48.5 Å². The highest BCUT2D eigenvalue weighted by Gasteiger charge is 2.38. The van der Waals surface area contributed by atoms with Crippen LogP contribution in [0.4, 0.5) is 13.2 Å². The number of rotatable bonds is 4. The molecule has 4 nitrogen and oxygen atoms in total. The average Bonchev–Trinajstić information content (AvgIpc) is 2.94. The number of carbonyl (C=O) groups excluding carboxylic acids is 1. The first-order valence-corrected chi connectivity index (χ1v) is 8.21. The van der Waals surface area contributed by atoms with E-state index in [1.54, 1.807) is 43.3 Å². The van der Waals surface area contributed by atoms with E-state index in [-0.39, 0.29) is 11.0 Å². The highest BCUT2D eigenvalue weighted by molar-refractivity contribution is 6.31. The molecule has 1 heterocycles. The molecule has 0 aliphatic heterocycles. The molecular weight excluding hydrogens is 367 g/mol. The number of fused-ring (bicyclic) bond motifs is 1. The van der Waals surface area contributed by atoms with Crippen LogP contribution in [0.25, 0.3) is 11.0 Å². The summed E-state index contributed by atoms with van der Waals surface area (Å²) in [7, 11) is 0. The summed E-state index contributed by atoms with van der Waals surface area (Å²) in [6.07, 6.45) is -4.66. The summed E-state index contributed by atoms with van der Waals surface area (Å²) in [4.78, 5) is 16.0. The molecule has 1 atom stereocenters. The van der Waals surface area contributed by atoms with Gasteiger partial charge in [0.05, 0.1) is 17.1 Å². The molecule has 2 aromatic carbocycles. The number of hydrogen-bond acceptors (Lipinski definition) is 2. The summed E-state index contributed by atoms with van der Waals surface area (Å²) in [5.41, 5.74) is 1.13. The second-order valence-electron chi connectivity index (χ2n) is 5.82. The van der Waals surface area contributed by atoms with Crippen molar-refractivity contribution >= 4 is 28.5 Å². The standard InChI is InChI=1S/C18H15ClF3N3O/c1-11(12-6-2-3-7-13(12)19)23-16(26)10-25-15-9-5-4-8-14(15)24-17(25)18(20,21)22/h2-9,11H,10H2,1H3,(H,23,26). The van der Waals surface area contributed by atoms with Crippen molar-refractivity contribution in [2.75, 3.05) is 0 Å². The Bertz CT molecular complexity index is 952. The van der Waals surface area contributed by atoms with Crippen LogP contribution in [0.2, 0.25) is 5.02 Å². The summed E-state index contributed by atoms with van der Waals surface area (Å²) in [6.45, 7) is 1.22. The van der Waals surface area contributed by atoms with Gasteiger partial charge < -0.3 is 9.88 Å². The van der Waals surface area contributed by atoms with Gasteiger partial charge in [0.25, 0.3) is 0 Å². The topological polar surface area (TPSA) is 46.9 Å². The minimum absolute atomic E-state index is 0.187. The monoisotopic (exact) mass is 381 g/mol. The number of nitrogens with zero attached hydrogens (tertiary/aromatic N) is 2. The van der Waals surface area contributed by atoms with Crippen LogP contribution in [-0.2, 0) is 17.5 Å². The first-order valence-electron chi connectivity index (χ1n) is 7.83. The molecule has 0 radical (unpaired) electrons. The minimum atomic E-state index is -4.66. The predicted octanol–water partition coefficient (Wildman–Crippen LogP) is 4.59. The molecule has 0 saturated heterocycles. The number of carbonyl (C=O) groups is 1. The summed E-state index contributed by atoms with van der Waals surface area (Å²) >= 11 is 6.09. The number of benzene rings is 2. The molecule has 8 heteroatoms. The highest BCUT2D eigenvalue weighted by atomic mass is 35.5. The molecule has 0 bridgehead atoms. The lowest BCUT2D eigenvalue weighted by atomic mass is 10.1. The number of alkyl halides is 3. The van der Waals surface area contributed by atoms with Crippen LogP contribution in [0, 0.1) is 0 Å². The second-order valence-corrected chi connectivity index (χ2v) is 6.23. The zero-order valence-corrected chi connectivity index (χ0v) is 14.5. The number of amides is 1. The first kappa shape index (κ1) is 18.3. The number of para-hydroxylation sites is 2. The molecule has 0 aliphatic rings. The van der Waals surface area contributed by atoms with E-state index >= 15 is 0 Å². The van der Waals surface area contributed by atoms with E-state index in [2.05, 4.69) is 10.3 Å². The van der Waals surface area contributed by atoms with Gasteiger partial charge in [0, 0.05) is 5.02 Å². The number of hydrogen-bond donors (Lipinski definition) is 1. The Morgan fingerprint density at radius 1 is 1.19 bits per heavy atom. The summed E-state index contributed by atoms with van der Waals surface area (Å²) < 4.78 is 40.7. The van der Waals surface area contributed by atoms with E-state index in [0.29, 0.717) is 10.6 Å². The molecule has 136 valence electrons. The highest BCUT2D eigenvalue weighted by Crippen LogP contribution is 2.31. The number of imidazole rings is 1. The summed E-state index contributed by atoms with van der Waals surface area (Å²) in [5, 5.41) is 3.16. The summed E-state index contributed by atoms with van der Waals surface area (Å²) in [6, 6.07) is 12.7. The molecule has 1 amide bonds. The molecule has 1 N–H and O–H groups in total. The lowest BCUT2D eigenvalue weighted by molar-refractivity contribution is -0.147. The fourth-order valence-corrected chi connectivity index (χ4v) is 3.09. The maximum atomic E-state index is 13.3. The normalized spacial score (nSPS) is 13.0. The van der Waals surface area contributed by atoms with Gasteiger partial charge in [0.2, 0.25) is 11.7 Å². The van der Waals surface area contributed by atoms with Crippen LogP contribution in [-0.4, -0.2) is 15.5 Å². The van der Waals surface area contributed by atoms with Crippen LogP contribution in [0.1, 0.15) is 24.4 Å². The smallest absolute Gasteiger partial charge is 0.348 e. The fraction of sp³-hybridized carbons (Fsp3) is 0.222. The maximum Gasteiger partial charge on any atom is 0.449 e. The molecule has 1 aromatic heterocycles. The average molecular weight is 382 g/mol. The van der Waals surface area contributed by atoms with Gasteiger partial charge in [-0.1, -0.05) is 41.9 Å². The SMILES string of the molecule is CC(NC(=O)Cn1c(C(F)(F)F)nc2ccccc21)c1ccccc1Cl. The summed E-state index contributed by atoms with van der Waals surface area (Å²) in [5.74, 6) is -1.66. The van der Waals surface area contributed by atoms with Gasteiger partial charge in [0.15, 0.2) is 0 Å². The molecule has 0 fully saturated rings. The Labute approximate surface area is 152 Å². The van der Waals surface area contributed by atoms with Crippen LogP contribution < -0.4 is 5.32 Å². The van der Waals surface area contributed by atoms with Crippen molar-refractivity contribution in [3.05, 3.63) is 64.9 Å². The Morgan fingerprint density at radius 2 is 1.85 bits per heavy atom. The van der Waals surface area contributed by atoms with Gasteiger partial charge in [-0.25, -0.2) is 4.98 Å². The van der Waals surface area contributed by atoms with Crippen molar-refractivity contribution in [2.45, 2.75) is 25.7 Å². The van der Waals surface area contributed by atoms with Crippen molar-refractivity contribution in [1.82, 2.24) is 14.9 Å². The fourth-order valence-electron chi connectivity index (χ4n) is 2.79. The Kier molecular flexibility index (Phi) is 4.91. The van der Waals surface area contributed by atoms with Gasteiger partial charge >= 0.3 is 6.18 Å². The molecule has 26 heavy (non-hydrogen) atoms. The van der Waals surface area contributed by atoms with E-state index in [1.807, 2.05) is 0 Å². The zero-order valence-electron chi connectivity index (χ0n) is 13.7. The number of aromatic nitrogens is 2. The molecule has 0 saturated carbocycles. The molecule has 0 aliphatic carbocycles. The van der Waals surface area contributed by atoms with Crippen LogP contribution in [0.5, 0.6) is 0 Å². The first-order chi connectivity index (χ1) is 12.3. The Balaban J connectivity index is 1.86. The molecule has 3 aromatic rings. The second kappa shape index (κ2) is 6.99. The molecule has 1 unspecified atom stereocenters. The third-order valence-corrected chi connectivity index (χ3v) is 4.30. The number of halogens is 4. The number of nitrogens with one attached hydrogen (secondary N) is 1. The minimum Gasteiger partial charge on any atom is -0.348 e. The molecule has 0 spiro atoms.